The number of fused-ring (bicyclic) bond motifs is 1. The maximum absolute atomic E-state index is 12.7. The third kappa shape index (κ3) is 2.47. The van der Waals surface area contributed by atoms with Crippen molar-refractivity contribution in [3.8, 4) is 0 Å². The van der Waals surface area contributed by atoms with Gasteiger partial charge >= 0.3 is 6.18 Å². The number of hydrogen-bond acceptors (Lipinski definition) is 3. The molecule has 108 valence electrons. The van der Waals surface area contributed by atoms with E-state index in [1.807, 2.05) is 0 Å². The van der Waals surface area contributed by atoms with Crippen LogP contribution in [-0.4, -0.2) is 21.0 Å². The van der Waals surface area contributed by atoms with Crippen molar-refractivity contribution in [1.82, 2.24) is 20.6 Å². The Morgan fingerprint density at radius 1 is 1.29 bits per heavy atom. The van der Waals surface area contributed by atoms with Gasteiger partial charge in [-0.2, -0.15) is 13.2 Å². The molecule has 3 rings (SSSR count). The molecular weight excluding hydrogens is 305 g/mol. The predicted molar refractivity (Wildman–Crippen MR) is 72.9 cm³/mol. The normalized spacial score (nSPS) is 17.4. The highest BCUT2D eigenvalue weighted by molar-refractivity contribution is 7.80. The average molecular weight is 312 g/mol. The molecule has 1 aliphatic heterocycles. The van der Waals surface area contributed by atoms with Crippen molar-refractivity contribution in [3.05, 3.63) is 35.3 Å². The minimum Gasteiger partial charge on any atom is -0.346 e. The van der Waals surface area contributed by atoms with Crippen LogP contribution in [0.15, 0.2) is 24.2 Å². The number of pyridine rings is 1. The number of halogens is 3. The molecule has 9 heteroatoms. The summed E-state index contributed by atoms with van der Waals surface area (Å²) in [5.74, 6) is -0.436. The zero-order valence-electron chi connectivity index (χ0n) is 10.2. The first-order valence-corrected chi connectivity index (χ1v) is 6.14. The van der Waals surface area contributed by atoms with Crippen LogP contribution in [0.2, 0.25) is 0 Å². The van der Waals surface area contributed by atoms with Gasteiger partial charge in [-0.3, -0.25) is 10.1 Å². The number of amides is 1. The Kier molecular flexibility index (Phi) is 2.94. The Labute approximate surface area is 121 Å². The van der Waals surface area contributed by atoms with Gasteiger partial charge in [0.25, 0.3) is 5.91 Å². The van der Waals surface area contributed by atoms with Crippen LogP contribution in [-0.2, 0) is 11.0 Å². The first-order chi connectivity index (χ1) is 9.84. The molecule has 0 atom stereocenters. The third-order valence-electron chi connectivity index (χ3n) is 2.91. The van der Waals surface area contributed by atoms with E-state index in [9.17, 15) is 18.0 Å². The summed E-state index contributed by atoms with van der Waals surface area (Å²) in [6.45, 7) is 0. The van der Waals surface area contributed by atoms with Gasteiger partial charge in [-0.1, -0.05) is 0 Å². The maximum Gasteiger partial charge on any atom is 0.417 e. The summed E-state index contributed by atoms with van der Waals surface area (Å²) in [6.07, 6.45) is -0.838. The van der Waals surface area contributed by atoms with Gasteiger partial charge in [-0.15, -0.1) is 0 Å². The molecule has 1 saturated heterocycles. The number of nitrogens with one attached hydrogen (secondary N) is 3. The standard InChI is InChI=1S/C12H7F3N4OS/c13-12(14,15)6-2-7-5(3-16-9(7)17-4-6)1-8-10(20)19-11(21)18-8/h1-4H,(H,16,17)(H2,18,19,20,21)/b8-1-. The van der Waals surface area contributed by atoms with Crippen LogP contribution in [0.25, 0.3) is 17.1 Å². The van der Waals surface area contributed by atoms with Crippen molar-refractivity contribution in [3.63, 3.8) is 0 Å². The molecule has 0 bridgehead atoms. The topological polar surface area (TPSA) is 69.8 Å². The molecule has 0 aliphatic carbocycles. The highest BCUT2D eigenvalue weighted by atomic mass is 32.1. The largest absolute Gasteiger partial charge is 0.417 e. The Hall–Kier alpha value is -2.42. The van der Waals surface area contributed by atoms with E-state index < -0.39 is 17.6 Å². The number of aromatic nitrogens is 2. The highest BCUT2D eigenvalue weighted by Gasteiger charge is 2.31. The van der Waals surface area contributed by atoms with Gasteiger partial charge < -0.3 is 10.3 Å². The van der Waals surface area contributed by atoms with Crippen LogP contribution in [0.1, 0.15) is 11.1 Å². The fourth-order valence-electron chi connectivity index (χ4n) is 1.94. The monoisotopic (exact) mass is 312 g/mol. The first-order valence-electron chi connectivity index (χ1n) is 5.73. The van der Waals surface area contributed by atoms with Gasteiger partial charge in [-0.25, -0.2) is 4.98 Å². The molecule has 0 unspecified atom stereocenters. The summed E-state index contributed by atoms with van der Waals surface area (Å²) in [5.41, 5.74) is 0.0219. The summed E-state index contributed by atoms with van der Waals surface area (Å²) >= 11 is 4.78. The summed E-state index contributed by atoms with van der Waals surface area (Å²) in [5, 5.41) is 5.42. The number of hydrogen-bond donors (Lipinski definition) is 3. The van der Waals surface area contributed by atoms with E-state index >= 15 is 0 Å². The van der Waals surface area contributed by atoms with Crippen molar-refractivity contribution in [2.24, 2.45) is 0 Å². The van der Waals surface area contributed by atoms with E-state index in [2.05, 4.69) is 20.6 Å². The lowest BCUT2D eigenvalue weighted by molar-refractivity contribution is -0.137. The van der Waals surface area contributed by atoms with Crippen LogP contribution in [0.5, 0.6) is 0 Å². The molecule has 3 N–H and O–H groups in total. The van der Waals surface area contributed by atoms with Crippen LogP contribution < -0.4 is 10.6 Å². The van der Waals surface area contributed by atoms with Crippen molar-refractivity contribution < 1.29 is 18.0 Å². The van der Waals surface area contributed by atoms with Crippen LogP contribution in [0.4, 0.5) is 13.2 Å². The molecule has 21 heavy (non-hydrogen) atoms. The lowest BCUT2D eigenvalue weighted by atomic mass is 10.1. The molecule has 5 nitrogen and oxygen atoms in total. The Morgan fingerprint density at radius 2 is 2.05 bits per heavy atom. The molecule has 2 aromatic heterocycles. The second-order valence-corrected chi connectivity index (χ2v) is 4.74. The summed E-state index contributed by atoms with van der Waals surface area (Å²) < 4.78 is 38.1. The molecule has 0 radical (unpaired) electrons. The maximum atomic E-state index is 12.7. The number of thiocarbonyl (C=S) groups is 1. The van der Waals surface area contributed by atoms with E-state index in [1.54, 1.807) is 0 Å². The van der Waals surface area contributed by atoms with Crippen molar-refractivity contribution in [1.29, 1.82) is 0 Å². The molecule has 0 aromatic carbocycles. The second-order valence-electron chi connectivity index (χ2n) is 4.33. The molecule has 1 amide bonds. The van der Waals surface area contributed by atoms with E-state index in [0.29, 0.717) is 11.2 Å². The fourth-order valence-corrected chi connectivity index (χ4v) is 2.14. The lowest BCUT2D eigenvalue weighted by Gasteiger charge is -2.05. The molecule has 3 heterocycles. The van der Waals surface area contributed by atoms with Crippen molar-refractivity contribution in [2.75, 3.05) is 0 Å². The Morgan fingerprint density at radius 3 is 2.67 bits per heavy atom. The fraction of sp³-hybridized carbons (Fsp3) is 0.0833. The molecule has 2 aromatic rings. The van der Waals surface area contributed by atoms with Crippen LogP contribution >= 0.6 is 12.2 Å². The summed E-state index contributed by atoms with van der Waals surface area (Å²) in [7, 11) is 0. The minimum absolute atomic E-state index is 0.153. The third-order valence-corrected chi connectivity index (χ3v) is 3.11. The van der Waals surface area contributed by atoms with Gasteiger partial charge in [0.1, 0.15) is 11.3 Å². The summed E-state index contributed by atoms with van der Waals surface area (Å²) in [6, 6.07) is 0.983. The molecule has 1 aliphatic rings. The lowest BCUT2D eigenvalue weighted by Crippen LogP contribution is -2.21. The second kappa shape index (κ2) is 4.55. The number of H-pyrrole nitrogens is 1. The molecule has 0 spiro atoms. The van der Waals surface area contributed by atoms with E-state index in [0.717, 1.165) is 12.3 Å². The predicted octanol–water partition coefficient (Wildman–Crippen LogP) is 1.93. The molecular formula is C12H7F3N4OS. The summed E-state index contributed by atoms with van der Waals surface area (Å²) in [4.78, 5) is 18.0. The molecule has 1 fully saturated rings. The first kappa shape index (κ1) is 13.6. The SMILES string of the molecule is O=C1NC(=S)N/C1=C\c1c[nH]c2ncc(C(F)(F)F)cc12. The number of carbonyl (C=O) groups is 1. The van der Waals surface area contributed by atoms with E-state index in [-0.39, 0.29) is 16.2 Å². The van der Waals surface area contributed by atoms with Gasteiger partial charge in [0.2, 0.25) is 0 Å². The van der Waals surface area contributed by atoms with E-state index in [1.165, 1.54) is 12.3 Å². The molecule has 0 saturated carbocycles. The zero-order valence-corrected chi connectivity index (χ0v) is 11.0. The van der Waals surface area contributed by atoms with Crippen molar-refractivity contribution in [2.45, 2.75) is 6.18 Å². The zero-order chi connectivity index (χ0) is 15.2. The number of nitrogens with zero attached hydrogens (tertiary/aromatic N) is 1. The number of rotatable bonds is 1. The number of alkyl halides is 3. The van der Waals surface area contributed by atoms with Gasteiger partial charge in [-0.05, 0) is 24.4 Å². The Bertz CT molecular complexity index is 793. The van der Waals surface area contributed by atoms with Gasteiger partial charge in [0.05, 0.1) is 5.56 Å². The highest BCUT2D eigenvalue weighted by Crippen LogP contribution is 2.31. The smallest absolute Gasteiger partial charge is 0.346 e. The van der Waals surface area contributed by atoms with Crippen LogP contribution in [0.3, 0.4) is 0 Å². The average Bonchev–Trinajstić information content (AvgIpc) is 2.93. The van der Waals surface area contributed by atoms with Crippen molar-refractivity contribution >= 4 is 40.3 Å². The minimum atomic E-state index is -4.48. The number of aromatic amines is 1. The quantitative estimate of drug-likeness (QED) is 0.556. The van der Waals surface area contributed by atoms with Gasteiger partial charge in [0, 0.05) is 23.3 Å². The Balaban J connectivity index is 2.09. The van der Waals surface area contributed by atoms with Crippen LogP contribution in [0, 0.1) is 0 Å². The van der Waals surface area contributed by atoms with E-state index in [4.69, 9.17) is 12.2 Å². The number of carbonyl (C=O) groups excluding carboxylic acids is 1. The van der Waals surface area contributed by atoms with Gasteiger partial charge in [0.15, 0.2) is 5.11 Å².